The van der Waals surface area contributed by atoms with Gasteiger partial charge in [0.2, 0.25) is 0 Å². The molecule has 7 heteroatoms. The van der Waals surface area contributed by atoms with Crippen molar-refractivity contribution >= 4 is 6.09 Å². The van der Waals surface area contributed by atoms with Crippen molar-refractivity contribution in [2.45, 2.75) is 103 Å². The second kappa shape index (κ2) is 18.6. The van der Waals surface area contributed by atoms with E-state index in [-0.39, 0.29) is 12.7 Å². The molecule has 2 aromatic carbocycles. The van der Waals surface area contributed by atoms with Crippen molar-refractivity contribution in [1.82, 2.24) is 10.6 Å². The number of hydrogen-bond acceptors (Lipinski definition) is 6. The number of alkyl carbamates (subject to hydrolysis) is 1. The van der Waals surface area contributed by atoms with E-state index < -0.39 is 11.7 Å². The number of amides is 1. The summed E-state index contributed by atoms with van der Waals surface area (Å²) in [7, 11) is 0. The zero-order chi connectivity index (χ0) is 28.3. The van der Waals surface area contributed by atoms with Crippen LogP contribution in [-0.4, -0.2) is 41.5 Å². The summed E-state index contributed by atoms with van der Waals surface area (Å²) in [6.07, 6.45) is 9.62. The Morgan fingerprint density at radius 2 is 1.49 bits per heavy atom. The molecule has 4 N–H and O–H groups in total. The second-order valence-corrected chi connectivity index (χ2v) is 11.1. The van der Waals surface area contributed by atoms with Crippen molar-refractivity contribution in [3.8, 4) is 5.75 Å². The summed E-state index contributed by atoms with van der Waals surface area (Å²) in [5, 5.41) is 26.5. The molecule has 2 aromatic rings. The summed E-state index contributed by atoms with van der Waals surface area (Å²) < 4.78 is 11.1. The standard InChI is InChI=1S/C32H50N2O5/c1-32(2,3)39-31(37)34-21-15-10-8-6-4-5-7-9-14-20-33-23-29(36)27-18-19-30(28(22-27)24-35)38-25-26-16-12-11-13-17-26/h11-13,16-19,22,29,33,35-36H,4-10,14-15,20-21,23-25H2,1-3H3,(H,34,37). The summed E-state index contributed by atoms with van der Waals surface area (Å²) in [4.78, 5) is 11.6. The monoisotopic (exact) mass is 542 g/mol. The Morgan fingerprint density at radius 1 is 0.872 bits per heavy atom. The number of rotatable bonds is 19. The van der Waals surface area contributed by atoms with Gasteiger partial charge in [0.25, 0.3) is 0 Å². The number of unbranched alkanes of at least 4 members (excludes halogenated alkanes) is 8. The minimum absolute atomic E-state index is 0.135. The smallest absolute Gasteiger partial charge is 0.407 e. The lowest BCUT2D eigenvalue weighted by Crippen LogP contribution is -2.32. The number of ether oxygens (including phenoxy) is 2. The second-order valence-electron chi connectivity index (χ2n) is 11.1. The Kier molecular flexibility index (Phi) is 15.6. The normalized spacial score (nSPS) is 12.2. The first-order chi connectivity index (χ1) is 18.8. The average molecular weight is 543 g/mol. The van der Waals surface area contributed by atoms with Crippen LogP contribution in [0, 0.1) is 0 Å². The Morgan fingerprint density at radius 3 is 2.10 bits per heavy atom. The van der Waals surface area contributed by atoms with E-state index in [9.17, 15) is 15.0 Å². The molecule has 0 aliphatic heterocycles. The van der Waals surface area contributed by atoms with E-state index in [0.29, 0.717) is 31.0 Å². The van der Waals surface area contributed by atoms with Crippen LogP contribution in [0.2, 0.25) is 0 Å². The maximum Gasteiger partial charge on any atom is 0.407 e. The van der Waals surface area contributed by atoms with Crippen LogP contribution in [0.4, 0.5) is 4.79 Å². The first-order valence-corrected chi connectivity index (χ1v) is 14.5. The quantitative estimate of drug-likeness (QED) is 0.153. The molecule has 1 atom stereocenters. The van der Waals surface area contributed by atoms with Gasteiger partial charge in [-0.15, -0.1) is 0 Å². The minimum atomic E-state index is -0.627. The number of carbonyl (C=O) groups excluding carboxylic acids is 1. The lowest BCUT2D eigenvalue weighted by Gasteiger charge is -2.19. The van der Waals surface area contributed by atoms with Crippen molar-refractivity contribution in [1.29, 1.82) is 0 Å². The summed E-state index contributed by atoms with van der Waals surface area (Å²) in [5.41, 5.74) is 2.08. The molecule has 1 amide bonds. The molecule has 218 valence electrons. The van der Waals surface area contributed by atoms with E-state index in [1.54, 1.807) is 0 Å². The first-order valence-electron chi connectivity index (χ1n) is 14.5. The van der Waals surface area contributed by atoms with Crippen molar-refractivity contribution in [2.24, 2.45) is 0 Å². The van der Waals surface area contributed by atoms with Gasteiger partial charge in [0, 0.05) is 18.7 Å². The predicted octanol–water partition coefficient (Wildman–Crippen LogP) is 6.42. The summed E-state index contributed by atoms with van der Waals surface area (Å²) in [6.45, 7) is 7.95. The zero-order valence-corrected chi connectivity index (χ0v) is 24.2. The fourth-order valence-corrected chi connectivity index (χ4v) is 4.28. The third kappa shape index (κ3) is 14.9. The molecule has 39 heavy (non-hydrogen) atoms. The number of nitrogens with one attached hydrogen (secondary N) is 2. The van der Waals surface area contributed by atoms with Crippen molar-refractivity contribution < 1.29 is 24.5 Å². The molecule has 0 saturated heterocycles. The molecule has 7 nitrogen and oxygen atoms in total. The van der Waals surface area contributed by atoms with Crippen LogP contribution in [0.15, 0.2) is 48.5 Å². The Bertz CT molecular complexity index is 930. The number of hydrogen-bond donors (Lipinski definition) is 4. The Balaban J connectivity index is 1.47. The predicted molar refractivity (Wildman–Crippen MR) is 157 cm³/mol. The molecule has 0 saturated carbocycles. The van der Waals surface area contributed by atoms with E-state index in [0.717, 1.165) is 36.9 Å². The molecule has 0 spiro atoms. The molecule has 0 aliphatic rings. The highest BCUT2D eigenvalue weighted by atomic mass is 16.6. The van der Waals surface area contributed by atoms with E-state index in [1.165, 1.54) is 38.5 Å². The molecule has 0 radical (unpaired) electrons. The molecule has 2 rings (SSSR count). The Hall–Kier alpha value is -2.61. The first kappa shape index (κ1) is 32.6. The van der Waals surface area contributed by atoms with Crippen molar-refractivity contribution in [2.75, 3.05) is 19.6 Å². The minimum Gasteiger partial charge on any atom is -0.489 e. The van der Waals surface area contributed by atoms with Crippen LogP contribution < -0.4 is 15.4 Å². The topological polar surface area (TPSA) is 100 Å². The van der Waals surface area contributed by atoms with Gasteiger partial charge in [-0.2, -0.15) is 0 Å². The highest BCUT2D eigenvalue weighted by molar-refractivity contribution is 5.67. The SMILES string of the molecule is CC(C)(C)OC(=O)NCCCCCCCCCCCNCC(O)c1ccc(OCc2ccccc2)c(CO)c1. The molecule has 0 bridgehead atoms. The molecular weight excluding hydrogens is 492 g/mol. The number of aliphatic hydroxyl groups excluding tert-OH is 2. The number of carbonyl (C=O) groups is 1. The van der Waals surface area contributed by atoms with Gasteiger partial charge in [0.05, 0.1) is 12.7 Å². The zero-order valence-electron chi connectivity index (χ0n) is 24.2. The van der Waals surface area contributed by atoms with Crippen LogP contribution in [0.3, 0.4) is 0 Å². The highest BCUT2D eigenvalue weighted by Gasteiger charge is 2.15. The van der Waals surface area contributed by atoms with E-state index in [4.69, 9.17) is 9.47 Å². The van der Waals surface area contributed by atoms with Crippen LogP contribution in [0.1, 0.15) is 101 Å². The van der Waals surface area contributed by atoms with Crippen molar-refractivity contribution in [3.05, 3.63) is 65.2 Å². The van der Waals surface area contributed by atoms with Crippen LogP contribution in [0.25, 0.3) is 0 Å². The molecule has 0 heterocycles. The molecule has 0 aliphatic carbocycles. The Labute approximate surface area is 235 Å². The summed E-state index contributed by atoms with van der Waals surface area (Å²) in [6, 6.07) is 15.4. The van der Waals surface area contributed by atoms with Gasteiger partial charge in [-0.3, -0.25) is 0 Å². The van der Waals surface area contributed by atoms with Gasteiger partial charge < -0.3 is 30.3 Å². The van der Waals surface area contributed by atoms with Crippen LogP contribution in [0.5, 0.6) is 5.75 Å². The number of aliphatic hydroxyl groups is 2. The lowest BCUT2D eigenvalue weighted by atomic mass is 10.0. The van der Waals surface area contributed by atoms with Crippen LogP contribution >= 0.6 is 0 Å². The largest absolute Gasteiger partial charge is 0.489 e. The lowest BCUT2D eigenvalue weighted by molar-refractivity contribution is 0.0527. The van der Waals surface area contributed by atoms with Crippen molar-refractivity contribution in [3.63, 3.8) is 0 Å². The van der Waals surface area contributed by atoms with Gasteiger partial charge in [0.1, 0.15) is 18.0 Å². The third-order valence-electron chi connectivity index (χ3n) is 6.41. The molecule has 0 aromatic heterocycles. The third-order valence-corrected chi connectivity index (χ3v) is 6.41. The fraction of sp³-hybridized carbons (Fsp3) is 0.594. The van der Waals surface area contributed by atoms with Gasteiger partial charge in [-0.05, 0) is 63.4 Å². The van der Waals surface area contributed by atoms with Gasteiger partial charge >= 0.3 is 6.09 Å². The molecule has 0 fully saturated rings. The average Bonchev–Trinajstić information content (AvgIpc) is 2.91. The van der Waals surface area contributed by atoms with Crippen LogP contribution in [-0.2, 0) is 18.0 Å². The number of benzene rings is 2. The summed E-state index contributed by atoms with van der Waals surface area (Å²) in [5.74, 6) is 0.639. The fourth-order valence-electron chi connectivity index (χ4n) is 4.28. The molecular formula is C32H50N2O5. The maximum atomic E-state index is 11.6. The van der Waals surface area contributed by atoms with E-state index >= 15 is 0 Å². The van der Waals surface area contributed by atoms with Gasteiger partial charge in [0.15, 0.2) is 0 Å². The highest BCUT2D eigenvalue weighted by Crippen LogP contribution is 2.24. The maximum absolute atomic E-state index is 11.6. The van der Waals surface area contributed by atoms with Gasteiger partial charge in [-0.1, -0.05) is 81.3 Å². The molecule has 1 unspecified atom stereocenters. The van der Waals surface area contributed by atoms with Gasteiger partial charge in [-0.25, -0.2) is 4.79 Å². The summed E-state index contributed by atoms with van der Waals surface area (Å²) >= 11 is 0. The van der Waals surface area contributed by atoms with E-state index in [1.807, 2.05) is 69.3 Å². The van der Waals surface area contributed by atoms with E-state index in [2.05, 4.69) is 10.6 Å².